The standard InChI is InChI=1S/C27H35FN2O5/c1-5-34-22-15-18(16-23(24(22)28)35-6-2)17-30(21-11-13-29-14-12-21)25(31)19-7-9-20(10-8-19)27(3,4)26(32)33/h7-10,15-16,21,29H,5-6,11-14,17H2,1-4H3,(H,32,33). The number of carbonyl (C=O) groups excluding carboxylic acids is 1. The predicted molar refractivity (Wildman–Crippen MR) is 132 cm³/mol. The molecule has 0 atom stereocenters. The van der Waals surface area contributed by atoms with Gasteiger partial charge in [0.15, 0.2) is 11.5 Å². The number of hydrogen-bond acceptors (Lipinski definition) is 5. The van der Waals surface area contributed by atoms with Gasteiger partial charge in [-0.05, 0) is 89.0 Å². The van der Waals surface area contributed by atoms with Crippen molar-refractivity contribution in [1.29, 1.82) is 0 Å². The first-order chi connectivity index (χ1) is 16.7. The Labute approximate surface area is 206 Å². The Hall–Kier alpha value is -3.13. The largest absolute Gasteiger partial charge is 0.491 e. The number of hydrogen-bond donors (Lipinski definition) is 2. The molecule has 190 valence electrons. The van der Waals surface area contributed by atoms with Crippen molar-refractivity contribution in [3.63, 3.8) is 0 Å². The number of amides is 1. The third-order valence-corrected chi connectivity index (χ3v) is 6.42. The average molecular weight is 487 g/mol. The first-order valence-corrected chi connectivity index (χ1v) is 12.1. The molecule has 35 heavy (non-hydrogen) atoms. The summed E-state index contributed by atoms with van der Waals surface area (Å²) < 4.78 is 25.7. The van der Waals surface area contributed by atoms with E-state index >= 15 is 0 Å². The fourth-order valence-electron chi connectivity index (χ4n) is 4.24. The third-order valence-electron chi connectivity index (χ3n) is 6.42. The van der Waals surface area contributed by atoms with Crippen LogP contribution in [0.3, 0.4) is 0 Å². The van der Waals surface area contributed by atoms with Crippen molar-refractivity contribution in [2.45, 2.75) is 58.5 Å². The smallest absolute Gasteiger partial charge is 0.313 e. The lowest BCUT2D eigenvalue weighted by atomic mass is 9.84. The van der Waals surface area contributed by atoms with Gasteiger partial charge < -0.3 is 24.8 Å². The zero-order valence-corrected chi connectivity index (χ0v) is 20.9. The van der Waals surface area contributed by atoms with Crippen molar-refractivity contribution in [1.82, 2.24) is 10.2 Å². The molecule has 1 amide bonds. The topological polar surface area (TPSA) is 88.1 Å². The van der Waals surface area contributed by atoms with Crippen LogP contribution in [0, 0.1) is 5.82 Å². The summed E-state index contributed by atoms with van der Waals surface area (Å²) in [7, 11) is 0. The maximum atomic E-state index is 14.8. The number of carboxylic acids is 1. The first kappa shape index (κ1) is 26.5. The molecule has 1 aliphatic rings. The number of aliphatic carboxylic acids is 1. The minimum Gasteiger partial charge on any atom is -0.491 e. The lowest BCUT2D eigenvalue weighted by Gasteiger charge is -2.35. The molecular weight excluding hydrogens is 451 g/mol. The van der Waals surface area contributed by atoms with Gasteiger partial charge in [0.1, 0.15) is 0 Å². The second-order valence-corrected chi connectivity index (χ2v) is 9.19. The van der Waals surface area contributed by atoms with Gasteiger partial charge in [-0.15, -0.1) is 0 Å². The molecule has 1 aliphatic heterocycles. The average Bonchev–Trinajstić information content (AvgIpc) is 2.85. The predicted octanol–water partition coefficient (Wildman–Crippen LogP) is 4.38. The second-order valence-electron chi connectivity index (χ2n) is 9.19. The maximum absolute atomic E-state index is 14.8. The van der Waals surface area contributed by atoms with E-state index in [0.717, 1.165) is 25.9 Å². The number of halogens is 1. The number of benzene rings is 2. The molecule has 0 spiro atoms. The van der Waals surface area contributed by atoms with Crippen molar-refractivity contribution in [2.75, 3.05) is 26.3 Å². The Balaban J connectivity index is 1.94. The van der Waals surface area contributed by atoms with Crippen LogP contribution in [0.1, 0.15) is 62.0 Å². The number of carbonyl (C=O) groups is 2. The van der Waals surface area contributed by atoms with Crippen LogP contribution in [0.25, 0.3) is 0 Å². The Morgan fingerprint density at radius 3 is 2.09 bits per heavy atom. The normalized spacial score (nSPS) is 14.4. The van der Waals surface area contributed by atoms with Gasteiger partial charge in [0.05, 0.1) is 18.6 Å². The van der Waals surface area contributed by atoms with Gasteiger partial charge in [-0.1, -0.05) is 12.1 Å². The van der Waals surface area contributed by atoms with Crippen molar-refractivity contribution in [3.05, 3.63) is 58.9 Å². The molecule has 1 fully saturated rings. The fraction of sp³-hybridized carbons (Fsp3) is 0.481. The van der Waals surface area contributed by atoms with Gasteiger partial charge in [-0.25, -0.2) is 0 Å². The van der Waals surface area contributed by atoms with Crippen LogP contribution in [0.5, 0.6) is 11.5 Å². The Bertz CT molecular complexity index is 1010. The zero-order valence-electron chi connectivity index (χ0n) is 20.9. The first-order valence-electron chi connectivity index (χ1n) is 12.1. The maximum Gasteiger partial charge on any atom is 0.313 e. The van der Waals surface area contributed by atoms with Crippen LogP contribution in [0.15, 0.2) is 36.4 Å². The van der Waals surface area contributed by atoms with Crippen molar-refractivity contribution in [2.24, 2.45) is 0 Å². The number of nitrogens with zero attached hydrogens (tertiary/aromatic N) is 1. The molecule has 2 aromatic rings. The number of carboxylic acid groups (broad SMARTS) is 1. The lowest BCUT2D eigenvalue weighted by Crippen LogP contribution is -2.45. The summed E-state index contributed by atoms with van der Waals surface area (Å²) in [6, 6.07) is 10.0. The number of ether oxygens (including phenoxy) is 2. The van der Waals surface area contributed by atoms with Crippen LogP contribution in [0.4, 0.5) is 4.39 Å². The van der Waals surface area contributed by atoms with Gasteiger partial charge in [0.25, 0.3) is 5.91 Å². The van der Waals surface area contributed by atoms with Gasteiger partial charge in [-0.2, -0.15) is 4.39 Å². The molecule has 1 saturated heterocycles. The molecule has 7 nitrogen and oxygen atoms in total. The van der Waals surface area contributed by atoms with Crippen LogP contribution < -0.4 is 14.8 Å². The molecule has 1 heterocycles. The SMILES string of the molecule is CCOc1cc(CN(C(=O)c2ccc(C(C)(C)C(=O)O)cc2)C2CCNCC2)cc(OCC)c1F. The monoisotopic (exact) mass is 486 g/mol. The molecule has 0 saturated carbocycles. The molecular formula is C27H35FN2O5. The van der Waals surface area contributed by atoms with E-state index in [0.29, 0.717) is 29.9 Å². The summed E-state index contributed by atoms with van der Waals surface area (Å²) in [5.74, 6) is -1.43. The van der Waals surface area contributed by atoms with E-state index in [9.17, 15) is 19.1 Å². The van der Waals surface area contributed by atoms with E-state index in [1.54, 1.807) is 64.1 Å². The molecule has 2 N–H and O–H groups in total. The fourth-order valence-corrected chi connectivity index (χ4v) is 4.24. The summed E-state index contributed by atoms with van der Waals surface area (Å²) in [4.78, 5) is 27.1. The number of nitrogens with one attached hydrogen (secondary N) is 1. The molecule has 0 bridgehead atoms. The van der Waals surface area contributed by atoms with Gasteiger partial charge >= 0.3 is 5.97 Å². The van der Waals surface area contributed by atoms with E-state index in [1.165, 1.54) is 0 Å². The van der Waals surface area contributed by atoms with Crippen molar-refractivity contribution < 1.29 is 28.6 Å². The van der Waals surface area contributed by atoms with E-state index in [-0.39, 0.29) is 30.0 Å². The number of piperidine rings is 1. The van der Waals surface area contributed by atoms with Gasteiger partial charge in [0, 0.05) is 18.2 Å². The van der Waals surface area contributed by atoms with E-state index in [4.69, 9.17) is 9.47 Å². The minimum atomic E-state index is -1.06. The van der Waals surface area contributed by atoms with Crippen LogP contribution in [-0.4, -0.2) is 54.2 Å². The molecule has 2 aromatic carbocycles. The molecule has 3 rings (SSSR count). The van der Waals surface area contributed by atoms with Crippen LogP contribution in [0.2, 0.25) is 0 Å². The van der Waals surface area contributed by atoms with Crippen molar-refractivity contribution in [3.8, 4) is 11.5 Å². The summed E-state index contributed by atoms with van der Waals surface area (Å²) >= 11 is 0. The van der Waals surface area contributed by atoms with Gasteiger partial charge in [0.2, 0.25) is 5.82 Å². The Morgan fingerprint density at radius 1 is 1.06 bits per heavy atom. The number of rotatable bonds is 10. The highest BCUT2D eigenvalue weighted by Gasteiger charge is 2.31. The highest BCUT2D eigenvalue weighted by molar-refractivity contribution is 5.94. The lowest BCUT2D eigenvalue weighted by molar-refractivity contribution is -0.142. The van der Waals surface area contributed by atoms with E-state index in [1.807, 2.05) is 4.90 Å². The summed E-state index contributed by atoms with van der Waals surface area (Å²) in [6.45, 7) is 9.33. The molecule has 0 unspecified atom stereocenters. The minimum absolute atomic E-state index is 0.00928. The van der Waals surface area contributed by atoms with E-state index in [2.05, 4.69) is 5.32 Å². The summed E-state index contributed by atoms with van der Waals surface area (Å²) in [6.07, 6.45) is 1.60. The zero-order chi connectivity index (χ0) is 25.6. The second kappa shape index (κ2) is 11.5. The summed E-state index contributed by atoms with van der Waals surface area (Å²) in [5.41, 5.74) is 0.756. The van der Waals surface area contributed by atoms with Crippen molar-refractivity contribution >= 4 is 11.9 Å². The van der Waals surface area contributed by atoms with Gasteiger partial charge in [-0.3, -0.25) is 9.59 Å². The van der Waals surface area contributed by atoms with E-state index < -0.39 is 17.2 Å². The molecule has 0 radical (unpaired) electrons. The highest BCUT2D eigenvalue weighted by atomic mass is 19.1. The highest BCUT2D eigenvalue weighted by Crippen LogP contribution is 2.31. The quantitative estimate of drug-likeness (QED) is 0.518. The van der Waals surface area contributed by atoms with Crippen LogP contribution >= 0.6 is 0 Å². The summed E-state index contributed by atoms with van der Waals surface area (Å²) in [5, 5.41) is 12.8. The third kappa shape index (κ3) is 6.11. The molecule has 0 aromatic heterocycles. The Morgan fingerprint density at radius 2 is 1.60 bits per heavy atom. The van der Waals surface area contributed by atoms with Crippen LogP contribution in [-0.2, 0) is 16.8 Å². The molecule has 0 aliphatic carbocycles. The Kier molecular flexibility index (Phi) is 8.72. The molecule has 8 heteroatoms.